The Bertz CT molecular complexity index is 1040. The summed E-state index contributed by atoms with van der Waals surface area (Å²) >= 11 is 0. The molecule has 0 saturated heterocycles. The number of allylic oxidation sites excluding steroid dienone is 4. The van der Waals surface area contributed by atoms with Crippen LogP contribution in [0.4, 0.5) is 0 Å². The molecule has 2 aromatic rings. The molecule has 3 aliphatic rings. The number of carbonyl (C=O) groups is 2. The zero-order chi connectivity index (χ0) is 20.1. The van der Waals surface area contributed by atoms with Crippen LogP contribution in [0.1, 0.15) is 27.9 Å². The van der Waals surface area contributed by atoms with Crippen molar-refractivity contribution in [2.24, 2.45) is 23.7 Å². The molecule has 0 aromatic heterocycles. The standard InChI is InChI=1S/C25H22O4/c1-28-19-11-9-15(10-12-19)22-20(14-3-5-16(6-4-14)25(27)29-2)21-17-7-8-18(13-17)23(21)24(22)26/h3-12,17-18,21,23H,13H2,1-2H3/t17-,18+,21-,23-/m1/s1. The predicted molar refractivity (Wildman–Crippen MR) is 110 cm³/mol. The highest BCUT2D eigenvalue weighted by atomic mass is 16.5. The van der Waals surface area contributed by atoms with E-state index in [1.54, 1.807) is 19.2 Å². The van der Waals surface area contributed by atoms with Crippen molar-refractivity contribution in [1.82, 2.24) is 0 Å². The number of benzene rings is 2. The van der Waals surface area contributed by atoms with Gasteiger partial charge in [0.1, 0.15) is 5.75 Å². The minimum Gasteiger partial charge on any atom is -0.497 e. The first-order valence-corrected chi connectivity index (χ1v) is 9.92. The van der Waals surface area contributed by atoms with Gasteiger partial charge in [0.05, 0.1) is 19.8 Å². The monoisotopic (exact) mass is 386 g/mol. The lowest BCUT2D eigenvalue weighted by atomic mass is 9.80. The maximum absolute atomic E-state index is 13.5. The van der Waals surface area contributed by atoms with Crippen molar-refractivity contribution in [1.29, 1.82) is 0 Å². The minimum absolute atomic E-state index is 0.0254. The number of carbonyl (C=O) groups excluding carboxylic acids is 2. The number of hydrogen-bond acceptors (Lipinski definition) is 4. The number of esters is 1. The van der Waals surface area contributed by atoms with Gasteiger partial charge in [-0.2, -0.15) is 0 Å². The summed E-state index contributed by atoms with van der Waals surface area (Å²) in [7, 11) is 3.01. The van der Waals surface area contributed by atoms with Crippen LogP contribution in [0.15, 0.2) is 60.7 Å². The molecule has 0 spiro atoms. The average Bonchev–Trinajstić information content (AvgIpc) is 3.46. The molecule has 0 heterocycles. The van der Waals surface area contributed by atoms with Gasteiger partial charge in [0, 0.05) is 17.4 Å². The van der Waals surface area contributed by atoms with Crippen LogP contribution in [0.25, 0.3) is 11.1 Å². The van der Waals surface area contributed by atoms with Gasteiger partial charge in [-0.25, -0.2) is 4.79 Å². The molecule has 3 aliphatic carbocycles. The van der Waals surface area contributed by atoms with Crippen LogP contribution in [0.5, 0.6) is 5.75 Å². The summed E-state index contributed by atoms with van der Waals surface area (Å²) in [4.78, 5) is 25.4. The van der Waals surface area contributed by atoms with Gasteiger partial charge in [-0.15, -0.1) is 0 Å². The van der Waals surface area contributed by atoms with E-state index in [4.69, 9.17) is 9.47 Å². The number of Topliss-reactive ketones (excluding diaryl/α,β-unsaturated/α-hetero) is 1. The van der Waals surface area contributed by atoms with Gasteiger partial charge in [0.25, 0.3) is 0 Å². The van der Waals surface area contributed by atoms with Crippen molar-refractivity contribution >= 4 is 22.9 Å². The highest BCUT2D eigenvalue weighted by Crippen LogP contribution is 2.60. The third-order valence-electron chi connectivity index (χ3n) is 6.61. The van der Waals surface area contributed by atoms with Gasteiger partial charge in [-0.1, -0.05) is 36.4 Å². The fourth-order valence-electron chi connectivity index (χ4n) is 5.34. The Morgan fingerprint density at radius 2 is 1.48 bits per heavy atom. The van der Waals surface area contributed by atoms with Crippen molar-refractivity contribution < 1.29 is 19.1 Å². The second-order valence-electron chi connectivity index (χ2n) is 7.95. The maximum Gasteiger partial charge on any atom is 0.337 e. The molecule has 0 N–H and O–H groups in total. The van der Waals surface area contributed by atoms with Crippen LogP contribution in [-0.2, 0) is 9.53 Å². The molecule has 5 rings (SSSR count). The van der Waals surface area contributed by atoms with Crippen LogP contribution >= 0.6 is 0 Å². The Kier molecular flexibility index (Phi) is 4.16. The second kappa shape index (κ2) is 6.73. The Hall–Kier alpha value is -3.14. The molecule has 0 unspecified atom stereocenters. The van der Waals surface area contributed by atoms with Crippen molar-refractivity contribution in [3.63, 3.8) is 0 Å². The molecule has 2 bridgehead atoms. The van der Waals surface area contributed by atoms with Gasteiger partial charge in [0.15, 0.2) is 5.78 Å². The predicted octanol–water partition coefficient (Wildman–Crippen LogP) is 4.41. The van der Waals surface area contributed by atoms with Crippen LogP contribution in [0.2, 0.25) is 0 Å². The van der Waals surface area contributed by atoms with E-state index in [0.29, 0.717) is 17.4 Å². The molecular weight excluding hydrogens is 364 g/mol. The quantitative estimate of drug-likeness (QED) is 0.577. The lowest BCUT2D eigenvalue weighted by Gasteiger charge is -2.22. The molecule has 4 heteroatoms. The van der Waals surface area contributed by atoms with E-state index in [1.165, 1.54) is 7.11 Å². The highest BCUT2D eigenvalue weighted by molar-refractivity contribution is 6.33. The summed E-state index contributed by atoms with van der Waals surface area (Å²) < 4.78 is 10.1. The molecule has 29 heavy (non-hydrogen) atoms. The van der Waals surface area contributed by atoms with Gasteiger partial charge in [-0.05, 0) is 59.2 Å². The Labute approximate surface area is 169 Å². The molecular formula is C25H22O4. The van der Waals surface area contributed by atoms with E-state index in [0.717, 1.165) is 34.4 Å². The summed E-state index contributed by atoms with van der Waals surface area (Å²) in [5.74, 6) is 1.62. The Balaban J connectivity index is 1.65. The van der Waals surface area contributed by atoms with Gasteiger partial charge in [0.2, 0.25) is 0 Å². The van der Waals surface area contributed by atoms with E-state index in [-0.39, 0.29) is 23.6 Å². The summed E-state index contributed by atoms with van der Waals surface area (Å²) in [6.45, 7) is 0. The van der Waals surface area contributed by atoms with Gasteiger partial charge in [-0.3, -0.25) is 4.79 Å². The molecule has 2 aromatic carbocycles. The fourth-order valence-corrected chi connectivity index (χ4v) is 5.34. The maximum atomic E-state index is 13.5. The normalized spacial score (nSPS) is 26.8. The van der Waals surface area contributed by atoms with Crippen molar-refractivity contribution in [2.45, 2.75) is 6.42 Å². The number of hydrogen-bond donors (Lipinski definition) is 0. The average molecular weight is 386 g/mol. The first-order chi connectivity index (χ1) is 14.1. The van der Waals surface area contributed by atoms with E-state index in [1.807, 2.05) is 36.4 Å². The van der Waals surface area contributed by atoms with Gasteiger partial charge >= 0.3 is 5.97 Å². The minimum atomic E-state index is -0.357. The molecule has 0 aliphatic heterocycles. The third kappa shape index (κ3) is 2.66. The lowest BCUT2D eigenvalue weighted by molar-refractivity contribution is -0.117. The van der Waals surface area contributed by atoms with Crippen molar-refractivity contribution in [2.75, 3.05) is 14.2 Å². The molecule has 146 valence electrons. The lowest BCUT2D eigenvalue weighted by Crippen LogP contribution is -2.21. The first kappa shape index (κ1) is 17.9. The molecule has 4 nitrogen and oxygen atoms in total. The largest absolute Gasteiger partial charge is 0.497 e. The zero-order valence-electron chi connectivity index (χ0n) is 16.4. The molecule has 0 radical (unpaired) electrons. The number of methoxy groups -OCH3 is 2. The topological polar surface area (TPSA) is 52.6 Å². The van der Waals surface area contributed by atoms with Crippen LogP contribution in [0.3, 0.4) is 0 Å². The van der Waals surface area contributed by atoms with E-state index >= 15 is 0 Å². The molecule has 1 saturated carbocycles. The summed E-state index contributed by atoms with van der Waals surface area (Å²) in [6.07, 6.45) is 5.55. The molecule has 0 amide bonds. The second-order valence-corrected chi connectivity index (χ2v) is 7.95. The summed E-state index contributed by atoms with van der Waals surface area (Å²) in [6, 6.07) is 15.2. The van der Waals surface area contributed by atoms with E-state index < -0.39 is 0 Å². The molecule has 4 atom stereocenters. The highest BCUT2D eigenvalue weighted by Gasteiger charge is 2.55. The number of rotatable bonds is 4. The number of fused-ring (bicyclic) bond motifs is 5. The smallest absolute Gasteiger partial charge is 0.337 e. The van der Waals surface area contributed by atoms with Crippen LogP contribution < -0.4 is 4.74 Å². The summed E-state index contributed by atoms with van der Waals surface area (Å²) in [5.41, 5.74) is 4.36. The Morgan fingerprint density at radius 1 is 0.862 bits per heavy atom. The van der Waals surface area contributed by atoms with Crippen LogP contribution in [-0.4, -0.2) is 26.0 Å². The van der Waals surface area contributed by atoms with Crippen LogP contribution in [0, 0.1) is 23.7 Å². The SMILES string of the molecule is COC(=O)c1ccc(C2=C(c3ccc(OC)cc3)C(=O)[C@H]3[C@@H]2[C@@H]2C=C[C@H]3C2)cc1. The zero-order valence-corrected chi connectivity index (χ0v) is 16.4. The summed E-state index contributed by atoms with van der Waals surface area (Å²) in [5, 5.41) is 0. The van der Waals surface area contributed by atoms with Gasteiger partial charge < -0.3 is 9.47 Å². The van der Waals surface area contributed by atoms with Crippen molar-refractivity contribution in [3.05, 3.63) is 77.4 Å². The Morgan fingerprint density at radius 3 is 2.10 bits per heavy atom. The van der Waals surface area contributed by atoms with E-state index in [2.05, 4.69) is 12.2 Å². The van der Waals surface area contributed by atoms with Crippen molar-refractivity contribution in [3.8, 4) is 5.75 Å². The first-order valence-electron chi connectivity index (χ1n) is 9.92. The number of ketones is 1. The fraction of sp³-hybridized carbons (Fsp3) is 0.280. The third-order valence-corrected chi connectivity index (χ3v) is 6.61. The number of ether oxygens (including phenoxy) is 2. The van der Waals surface area contributed by atoms with E-state index in [9.17, 15) is 9.59 Å². The molecule has 1 fully saturated rings.